The van der Waals surface area contributed by atoms with Crippen molar-refractivity contribution in [3.8, 4) is 22.8 Å². The minimum absolute atomic E-state index is 0.0498. The molecule has 4 aromatic rings. The van der Waals surface area contributed by atoms with Gasteiger partial charge in [-0.3, -0.25) is 4.98 Å². The zero-order chi connectivity index (χ0) is 21.3. The fourth-order valence-electron chi connectivity index (χ4n) is 5.89. The Bertz CT molecular complexity index is 1350. The molecule has 2 nitrogen and oxygen atoms in total. The molecule has 3 aromatic carbocycles. The molecule has 1 aliphatic heterocycles. The van der Waals surface area contributed by atoms with Crippen molar-refractivity contribution >= 4 is 21.5 Å². The van der Waals surface area contributed by atoms with Crippen LogP contribution < -0.4 is 4.74 Å². The summed E-state index contributed by atoms with van der Waals surface area (Å²) in [7, 11) is 0. The molecule has 0 saturated heterocycles. The van der Waals surface area contributed by atoms with Crippen LogP contribution in [-0.4, -0.2) is 4.98 Å². The summed E-state index contributed by atoms with van der Waals surface area (Å²) in [5.74, 6) is 2.64. The van der Waals surface area contributed by atoms with Crippen LogP contribution in [0.4, 0.5) is 0 Å². The first-order valence-electron chi connectivity index (χ1n) is 11.6. The maximum Gasteiger partial charge on any atom is 0.141 e. The Kier molecular flexibility index (Phi) is 3.99. The van der Waals surface area contributed by atoms with Gasteiger partial charge in [0.2, 0.25) is 0 Å². The summed E-state index contributed by atoms with van der Waals surface area (Å²) in [6, 6.07) is 15.6. The van der Waals surface area contributed by atoms with E-state index in [4.69, 9.17) is 9.72 Å². The molecule has 6 rings (SSSR count). The SMILES string of the molecule is Cc1c2c(c(C(C)(C)C)c3ccccc13)Oc1cc(C3CCCC3)cc3ccnc-2c13. The Morgan fingerprint density at radius 2 is 1.71 bits per heavy atom. The maximum absolute atomic E-state index is 6.86. The van der Waals surface area contributed by atoms with Crippen LogP contribution in [0.3, 0.4) is 0 Å². The van der Waals surface area contributed by atoms with Gasteiger partial charge in [0.25, 0.3) is 0 Å². The maximum atomic E-state index is 6.86. The highest BCUT2D eigenvalue weighted by Crippen LogP contribution is 2.54. The van der Waals surface area contributed by atoms with Crippen molar-refractivity contribution in [3.63, 3.8) is 0 Å². The average molecular weight is 408 g/mol. The Balaban J connectivity index is 1.72. The number of nitrogens with zero attached hydrogens (tertiary/aromatic N) is 1. The van der Waals surface area contributed by atoms with Crippen LogP contribution in [0.15, 0.2) is 48.7 Å². The van der Waals surface area contributed by atoms with Crippen molar-refractivity contribution in [3.05, 3.63) is 65.4 Å². The number of hydrogen-bond acceptors (Lipinski definition) is 2. The van der Waals surface area contributed by atoms with E-state index in [2.05, 4.69) is 70.2 Å². The highest BCUT2D eigenvalue weighted by atomic mass is 16.5. The molecule has 1 aromatic heterocycles. The molecule has 1 fully saturated rings. The molecule has 1 saturated carbocycles. The number of aryl methyl sites for hydroxylation is 1. The van der Waals surface area contributed by atoms with Crippen LogP contribution >= 0.6 is 0 Å². The highest BCUT2D eigenvalue weighted by Gasteiger charge is 2.33. The van der Waals surface area contributed by atoms with Gasteiger partial charge in [-0.1, -0.05) is 63.9 Å². The number of ether oxygens (including phenoxy) is 1. The van der Waals surface area contributed by atoms with E-state index in [1.54, 1.807) is 0 Å². The zero-order valence-corrected chi connectivity index (χ0v) is 18.9. The van der Waals surface area contributed by atoms with E-state index < -0.39 is 0 Å². The minimum atomic E-state index is -0.0498. The van der Waals surface area contributed by atoms with Gasteiger partial charge < -0.3 is 4.74 Å². The van der Waals surface area contributed by atoms with Gasteiger partial charge in [-0.25, -0.2) is 0 Å². The highest BCUT2D eigenvalue weighted by molar-refractivity contribution is 6.08. The van der Waals surface area contributed by atoms with E-state index in [1.807, 2.05) is 6.20 Å². The number of pyridine rings is 1. The lowest BCUT2D eigenvalue weighted by molar-refractivity contribution is 0.459. The van der Waals surface area contributed by atoms with Gasteiger partial charge >= 0.3 is 0 Å². The second-order valence-electron chi connectivity index (χ2n) is 10.4. The molecule has 0 radical (unpaired) electrons. The van der Waals surface area contributed by atoms with Crippen LogP contribution in [0.1, 0.15) is 69.1 Å². The number of fused-ring (bicyclic) bond motifs is 3. The topological polar surface area (TPSA) is 22.1 Å². The van der Waals surface area contributed by atoms with Crippen LogP contribution in [-0.2, 0) is 5.41 Å². The molecule has 0 unspecified atom stereocenters. The molecule has 2 heterocycles. The molecule has 0 N–H and O–H groups in total. The second kappa shape index (κ2) is 6.56. The molecule has 1 aliphatic carbocycles. The average Bonchev–Trinajstić information content (AvgIpc) is 3.28. The number of aromatic nitrogens is 1. The summed E-state index contributed by atoms with van der Waals surface area (Å²) in [6.45, 7) is 9.07. The van der Waals surface area contributed by atoms with Crippen LogP contribution in [0.5, 0.6) is 11.5 Å². The Hall–Kier alpha value is -2.87. The van der Waals surface area contributed by atoms with Crippen LogP contribution in [0, 0.1) is 6.92 Å². The number of rotatable bonds is 1. The van der Waals surface area contributed by atoms with E-state index in [0.29, 0.717) is 5.92 Å². The molecule has 0 amide bonds. The molecule has 0 atom stereocenters. The third-order valence-corrected chi connectivity index (χ3v) is 7.30. The van der Waals surface area contributed by atoms with E-state index in [1.165, 1.54) is 58.5 Å². The molecule has 0 spiro atoms. The van der Waals surface area contributed by atoms with Crippen molar-refractivity contribution in [2.24, 2.45) is 0 Å². The largest absolute Gasteiger partial charge is 0.456 e. The van der Waals surface area contributed by atoms with Gasteiger partial charge in [0, 0.05) is 17.3 Å². The third kappa shape index (κ3) is 2.74. The number of hydrogen-bond donors (Lipinski definition) is 0. The smallest absolute Gasteiger partial charge is 0.141 e. The van der Waals surface area contributed by atoms with E-state index in [-0.39, 0.29) is 5.41 Å². The van der Waals surface area contributed by atoms with Gasteiger partial charge in [0.05, 0.1) is 11.1 Å². The summed E-state index contributed by atoms with van der Waals surface area (Å²) in [6.07, 6.45) is 7.22. The first-order valence-corrected chi connectivity index (χ1v) is 11.6. The molecular formula is C29H29NO. The molecule has 0 bridgehead atoms. The Morgan fingerprint density at radius 3 is 2.45 bits per heavy atom. The van der Waals surface area contributed by atoms with Gasteiger partial charge in [0.15, 0.2) is 0 Å². The third-order valence-electron chi connectivity index (χ3n) is 7.30. The molecule has 2 aliphatic rings. The van der Waals surface area contributed by atoms with Crippen molar-refractivity contribution in [2.75, 3.05) is 0 Å². The monoisotopic (exact) mass is 407 g/mol. The summed E-state index contributed by atoms with van der Waals surface area (Å²) < 4.78 is 6.86. The molecule has 31 heavy (non-hydrogen) atoms. The first-order chi connectivity index (χ1) is 14.9. The lowest BCUT2D eigenvalue weighted by Crippen LogP contribution is -2.16. The zero-order valence-electron chi connectivity index (χ0n) is 18.9. The molecule has 2 heteroatoms. The molecule has 156 valence electrons. The second-order valence-corrected chi connectivity index (χ2v) is 10.4. The van der Waals surface area contributed by atoms with E-state index in [0.717, 1.165) is 28.1 Å². The van der Waals surface area contributed by atoms with Gasteiger partial charge in [-0.15, -0.1) is 0 Å². The summed E-state index contributed by atoms with van der Waals surface area (Å²) in [5, 5.41) is 4.99. The summed E-state index contributed by atoms with van der Waals surface area (Å²) >= 11 is 0. The predicted molar refractivity (Wildman–Crippen MR) is 129 cm³/mol. The van der Waals surface area contributed by atoms with Gasteiger partial charge in [0.1, 0.15) is 11.5 Å². The number of benzene rings is 3. The lowest BCUT2D eigenvalue weighted by Gasteiger charge is -2.31. The molecular weight excluding hydrogens is 378 g/mol. The van der Waals surface area contributed by atoms with E-state index >= 15 is 0 Å². The van der Waals surface area contributed by atoms with Gasteiger partial charge in [-0.05, 0) is 70.5 Å². The van der Waals surface area contributed by atoms with Crippen LogP contribution in [0.2, 0.25) is 0 Å². The standard InChI is InChI=1S/C29H29NO/c1-17-21-11-7-8-12-22(21)26(29(2,3)4)28-24(17)27-25-19(13-14-30-27)15-20(16-23(25)31-28)18-9-5-6-10-18/h7-8,11-16,18H,5-6,9-10H2,1-4H3. The first kappa shape index (κ1) is 18.9. The summed E-state index contributed by atoms with van der Waals surface area (Å²) in [5.41, 5.74) is 6.14. The predicted octanol–water partition coefficient (Wildman–Crippen LogP) is 8.42. The lowest BCUT2D eigenvalue weighted by atomic mass is 9.78. The Labute approximate surface area is 184 Å². The normalized spacial score (nSPS) is 16.0. The van der Waals surface area contributed by atoms with E-state index in [9.17, 15) is 0 Å². The Morgan fingerprint density at radius 1 is 0.968 bits per heavy atom. The summed E-state index contributed by atoms with van der Waals surface area (Å²) in [4.78, 5) is 4.92. The van der Waals surface area contributed by atoms with Crippen LogP contribution in [0.25, 0.3) is 32.8 Å². The van der Waals surface area contributed by atoms with Gasteiger partial charge in [-0.2, -0.15) is 0 Å². The fourth-order valence-corrected chi connectivity index (χ4v) is 5.89. The van der Waals surface area contributed by atoms with Crippen molar-refractivity contribution in [2.45, 2.75) is 64.7 Å². The van der Waals surface area contributed by atoms with Crippen molar-refractivity contribution in [1.82, 2.24) is 4.98 Å². The van der Waals surface area contributed by atoms with Crippen molar-refractivity contribution < 1.29 is 4.74 Å². The fraction of sp³-hybridized carbons (Fsp3) is 0.345. The quantitative estimate of drug-likeness (QED) is 0.278. The minimum Gasteiger partial charge on any atom is -0.456 e. The van der Waals surface area contributed by atoms with Crippen molar-refractivity contribution in [1.29, 1.82) is 0 Å².